The van der Waals surface area contributed by atoms with Crippen LogP contribution in [0.5, 0.6) is 0 Å². The Bertz CT molecular complexity index is 801. The van der Waals surface area contributed by atoms with Gasteiger partial charge in [-0.15, -0.1) is 0 Å². The van der Waals surface area contributed by atoms with Gasteiger partial charge in [-0.05, 0) is 37.1 Å². The molecule has 22 heavy (non-hydrogen) atoms. The fraction of sp³-hybridized carbons (Fsp3) is 0.294. The number of carbonyl (C=O) groups excluding carboxylic acids is 1. The molecule has 0 bridgehead atoms. The predicted octanol–water partition coefficient (Wildman–Crippen LogP) is 3.62. The van der Waals surface area contributed by atoms with Crippen LogP contribution in [0, 0.1) is 0 Å². The minimum atomic E-state index is -0.323. The topological polar surface area (TPSA) is 59.9 Å². The van der Waals surface area contributed by atoms with E-state index >= 15 is 0 Å². The standard InChI is InChI=1S/C17H19N3O2/c1-3-7-20-11-14(10-18-20)12-5-6-15-13(8-12)9-16(19-15)17(21)22-4-2/h5-6,8-11,19H,3-4,7H2,1-2H3. The Morgan fingerprint density at radius 3 is 2.91 bits per heavy atom. The van der Waals surface area contributed by atoms with Crippen molar-refractivity contribution in [3.63, 3.8) is 0 Å². The van der Waals surface area contributed by atoms with E-state index in [0.29, 0.717) is 12.3 Å². The van der Waals surface area contributed by atoms with Crippen LogP contribution in [0.3, 0.4) is 0 Å². The molecule has 3 rings (SSSR count). The molecule has 0 saturated heterocycles. The molecule has 0 saturated carbocycles. The molecule has 0 radical (unpaired) electrons. The van der Waals surface area contributed by atoms with Crippen LogP contribution in [0.25, 0.3) is 22.0 Å². The summed E-state index contributed by atoms with van der Waals surface area (Å²) in [5, 5.41) is 5.34. The van der Waals surface area contributed by atoms with Crippen LogP contribution in [0.1, 0.15) is 30.8 Å². The van der Waals surface area contributed by atoms with Crippen LogP contribution in [-0.2, 0) is 11.3 Å². The zero-order chi connectivity index (χ0) is 15.5. The van der Waals surface area contributed by atoms with Gasteiger partial charge in [0.1, 0.15) is 5.69 Å². The molecule has 1 N–H and O–H groups in total. The third kappa shape index (κ3) is 2.74. The average molecular weight is 297 g/mol. The Kier molecular flexibility index (Phi) is 3.96. The Balaban J connectivity index is 1.93. The van der Waals surface area contributed by atoms with Gasteiger partial charge in [0.15, 0.2) is 0 Å². The first-order valence-electron chi connectivity index (χ1n) is 7.54. The zero-order valence-corrected chi connectivity index (χ0v) is 12.8. The summed E-state index contributed by atoms with van der Waals surface area (Å²) in [7, 11) is 0. The Morgan fingerprint density at radius 2 is 2.14 bits per heavy atom. The van der Waals surface area contributed by atoms with Crippen molar-refractivity contribution >= 4 is 16.9 Å². The van der Waals surface area contributed by atoms with E-state index in [9.17, 15) is 4.79 Å². The van der Waals surface area contributed by atoms with Crippen molar-refractivity contribution in [2.24, 2.45) is 0 Å². The lowest BCUT2D eigenvalue weighted by Gasteiger charge is -1.98. The molecule has 0 aliphatic rings. The second-order valence-electron chi connectivity index (χ2n) is 5.20. The van der Waals surface area contributed by atoms with Gasteiger partial charge in [-0.3, -0.25) is 4.68 Å². The second-order valence-corrected chi connectivity index (χ2v) is 5.20. The van der Waals surface area contributed by atoms with Crippen LogP contribution in [-0.4, -0.2) is 27.3 Å². The highest BCUT2D eigenvalue weighted by Crippen LogP contribution is 2.25. The van der Waals surface area contributed by atoms with Crippen molar-refractivity contribution in [2.75, 3.05) is 6.61 Å². The molecule has 0 spiro atoms. The number of aromatic nitrogens is 3. The average Bonchev–Trinajstić information content (AvgIpc) is 3.13. The summed E-state index contributed by atoms with van der Waals surface area (Å²) in [6.07, 6.45) is 4.97. The smallest absolute Gasteiger partial charge is 0.354 e. The van der Waals surface area contributed by atoms with Gasteiger partial charge in [0.2, 0.25) is 0 Å². The molecule has 0 fully saturated rings. The summed E-state index contributed by atoms with van der Waals surface area (Å²) in [6.45, 7) is 5.21. The fourth-order valence-corrected chi connectivity index (χ4v) is 2.50. The van der Waals surface area contributed by atoms with Crippen LogP contribution in [0.4, 0.5) is 0 Å². The van der Waals surface area contributed by atoms with E-state index < -0.39 is 0 Å². The van der Waals surface area contributed by atoms with E-state index in [4.69, 9.17) is 4.74 Å². The number of carbonyl (C=O) groups is 1. The highest BCUT2D eigenvalue weighted by atomic mass is 16.5. The normalized spacial score (nSPS) is 11.0. The predicted molar refractivity (Wildman–Crippen MR) is 85.8 cm³/mol. The van der Waals surface area contributed by atoms with Gasteiger partial charge in [-0.2, -0.15) is 5.10 Å². The molecule has 0 unspecified atom stereocenters. The molecular weight excluding hydrogens is 278 g/mol. The highest BCUT2D eigenvalue weighted by Gasteiger charge is 2.11. The van der Waals surface area contributed by atoms with Gasteiger partial charge in [0.05, 0.1) is 12.8 Å². The summed E-state index contributed by atoms with van der Waals surface area (Å²) in [4.78, 5) is 14.9. The quantitative estimate of drug-likeness (QED) is 0.732. The number of fused-ring (bicyclic) bond motifs is 1. The monoisotopic (exact) mass is 297 g/mol. The van der Waals surface area contributed by atoms with Crippen LogP contribution in [0.15, 0.2) is 36.7 Å². The molecule has 1 aromatic carbocycles. The summed E-state index contributed by atoms with van der Waals surface area (Å²) in [5.74, 6) is -0.323. The van der Waals surface area contributed by atoms with Gasteiger partial charge in [-0.1, -0.05) is 13.0 Å². The molecule has 2 heterocycles. The molecule has 0 amide bonds. The lowest BCUT2D eigenvalue weighted by molar-refractivity contribution is 0.0520. The lowest BCUT2D eigenvalue weighted by Crippen LogP contribution is -2.04. The molecule has 2 aromatic heterocycles. The van der Waals surface area contributed by atoms with Crippen molar-refractivity contribution in [3.05, 3.63) is 42.4 Å². The number of aryl methyl sites for hydroxylation is 1. The number of nitrogens with zero attached hydrogens (tertiary/aromatic N) is 2. The number of rotatable bonds is 5. The highest BCUT2D eigenvalue weighted by molar-refractivity contribution is 5.96. The van der Waals surface area contributed by atoms with Crippen LogP contribution >= 0.6 is 0 Å². The van der Waals surface area contributed by atoms with Crippen molar-refractivity contribution in [1.82, 2.24) is 14.8 Å². The number of H-pyrrole nitrogens is 1. The van der Waals surface area contributed by atoms with Crippen molar-refractivity contribution in [1.29, 1.82) is 0 Å². The molecule has 114 valence electrons. The van der Waals surface area contributed by atoms with E-state index in [-0.39, 0.29) is 5.97 Å². The maximum Gasteiger partial charge on any atom is 0.354 e. The number of hydrogen-bond acceptors (Lipinski definition) is 3. The number of benzene rings is 1. The maximum atomic E-state index is 11.8. The number of hydrogen-bond donors (Lipinski definition) is 1. The number of nitrogens with one attached hydrogen (secondary N) is 1. The maximum absolute atomic E-state index is 11.8. The molecular formula is C17H19N3O2. The van der Waals surface area contributed by atoms with E-state index in [1.54, 1.807) is 6.92 Å². The number of ether oxygens (including phenoxy) is 1. The molecule has 0 atom stereocenters. The minimum Gasteiger partial charge on any atom is -0.461 e. The molecule has 3 aromatic rings. The summed E-state index contributed by atoms with van der Waals surface area (Å²) in [5.41, 5.74) is 3.57. The molecule has 0 aliphatic heterocycles. The molecule has 5 nitrogen and oxygen atoms in total. The first-order chi connectivity index (χ1) is 10.7. The molecule has 5 heteroatoms. The van der Waals surface area contributed by atoms with Crippen molar-refractivity contribution < 1.29 is 9.53 Å². The van der Waals surface area contributed by atoms with Gasteiger partial charge in [0, 0.05) is 29.2 Å². The zero-order valence-electron chi connectivity index (χ0n) is 12.8. The van der Waals surface area contributed by atoms with Crippen LogP contribution in [0.2, 0.25) is 0 Å². The van der Waals surface area contributed by atoms with Crippen molar-refractivity contribution in [3.8, 4) is 11.1 Å². The third-order valence-electron chi connectivity index (χ3n) is 3.54. The Hall–Kier alpha value is -2.56. The van der Waals surface area contributed by atoms with E-state index in [1.165, 1.54) is 0 Å². The summed E-state index contributed by atoms with van der Waals surface area (Å²) < 4.78 is 6.96. The van der Waals surface area contributed by atoms with Gasteiger partial charge >= 0.3 is 5.97 Å². The van der Waals surface area contributed by atoms with E-state index in [0.717, 1.165) is 35.0 Å². The third-order valence-corrected chi connectivity index (χ3v) is 3.54. The van der Waals surface area contributed by atoms with Gasteiger partial charge < -0.3 is 9.72 Å². The molecule has 0 aliphatic carbocycles. The summed E-state index contributed by atoms with van der Waals surface area (Å²) in [6, 6.07) is 7.89. The lowest BCUT2D eigenvalue weighted by atomic mass is 10.1. The minimum absolute atomic E-state index is 0.323. The van der Waals surface area contributed by atoms with Gasteiger partial charge in [0.25, 0.3) is 0 Å². The first-order valence-corrected chi connectivity index (χ1v) is 7.54. The first kappa shape index (κ1) is 14.4. The second kappa shape index (κ2) is 6.05. The Morgan fingerprint density at radius 1 is 1.27 bits per heavy atom. The number of aromatic amines is 1. The Labute approximate surface area is 128 Å². The van der Waals surface area contributed by atoms with E-state index in [1.807, 2.05) is 35.3 Å². The SMILES string of the molecule is CCCn1cc(-c2ccc3[nH]c(C(=O)OCC)cc3c2)cn1. The fourth-order valence-electron chi connectivity index (χ4n) is 2.50. The summed E-state index contributed by atoms with van der Waals surface area (Å²) >= 11 is 0. The largest absolute Gasteiger partial charge is 0.461 e. The number of esters is 1. The van der Waals surface area contributed by atoms with E-state index in [2.05, 4.69) is 23.1 Å². The van der Waals surface area contributed by atoms with Crippen LogP contribution < -0.4 is 0 Å². The van der Waals surface area contributed by atoms with Crippen molar-refractivity contribution in [2.45, 2.75) is 26.8 Å². The van der Waals surface area contributed by atoms with Gasteiger partial charge in [-0.25, -0.2) is 4.79 Å².